The third kappa shape index (κ3) is 2.95. The van der Waals surface area contributed by atoms with E-state index >= 15 is 0 Å². The average molecular weight is 343 g/mol. The Morgan fingerprint density at radius 2 is 2.20 bits per heavy atom. The second-order valence-electron chi connectivity index (χ2n) is 5.94. The van der Waals surface area contributed by atoms with Crippen molar-refractivity contribution in [3.05, 3.63) is 40.6 Å². The summed E-state index contributed by atoms with van der Waals surface area (Å²) >= 11 is 0. The van der Waals surface area contributed by atoms with Gasteiger partial charge >= 0.3 is 0 Å². The first-order chi connectivity index (χ1) is 12.0. The van der Waals surface area contributed by atoms with Crippen molar-refractivity contribution in [1.82, 2.24) is 24.8 Å². The summed E-state index contributed by atoms with van der Waals surface area (Å²) in [5, 5.41) is 2.84. The van der Waals surface area contributed by atoms with E-state index in [1.165, 1.54) is 7.11 Å². The lowest BCUT2D eigenvalue weighted by Gasteiger charge is -2.11. The van der Waals surface area contributed by atoms with Crippen LogP contribution >= 0.6 is 0 Å². The fourth-order valence-electron chi connectivity index (χ4n) is 2.99. The van der Waals surface area contributed by atoms with Crippen molar-refractivity contribution in [3.63, 3.8) is 0 Å². The average Bonchev–Trinajstić information content (AvgIpc) is 3.10. The Hall–Kier alpha value is -2.90. The zero-order valence-electron chi connectivity index (χ0n) is 14.8. The highest BCUT2D eigenvalue weighted by molar-refractivity contribution is 5.98. The summed E-state index contributed by atoms with van der Waals surface area (Å²) in [6, 6.07) is 1.76. The van der Waals surface area contributed by atoms with Crippen LogP contribution in [0.1, 0.15) is 44.7 Å². The molecule has 3 heterocycles. The van der Waals surface area contributed by atoms with Gasteiger partial charge in [-0.25, -0.2) is 9.97 Å². The summed E-state index contributed by atoms with van der Waals surface area (Å²) in [7, 11) is 3.30. The zero-order chi connectivity index (χ0) is 18.1. The van der Waals surface area contributed by atoms with Crippen LogP contribution in [0.2, 0.25) is 0 Å². The Balaban J connectivity index is 1.83. The normalized spacial score (nSPS) is 13.1. The molecule has 2 aromatic rings. The molecule has 0 bridgehead atoms. The Bertz CT molecular complexity index is 824. The number of carbonyl (C=O) groups excluding carboxylic acids is 2. The molecule has 0 atom stereocenters. The van der Waals surface area contributed by atoms with E-state index in [0.717, 1.165) is 0 Å². The van der Waals surface area contributed by atoms with Crippen LogP contribution in [-0.2, 0) is 20.1 Å². The number of fused-ring (bicyclic) bond motifs is 1. The predicted molar refractivity (Wildman–Crippen MR) is 90.3 cm³/mol. The maximum atomic E-state index is 12.4. The van der Waals surface area contributed by atoms with E-state index in [-0.39, 0.29) is 18.4 Å². The lowest BCUT2D eigenvalue weighted by molar-refractivity contribution is 0.0786. The number of carbonyl (C=O) groups is 2. The van der Waals surface area contributed by atoms with Gasteiger partial charge in [0.1, 0.15) is 5.69 Å². The fourth-order valence-corrected chi connectivity index (χ4v) is 2.99. The standard InChI is InChI=1S/C17H21N5O3/c1-5-22-8-13-12(17(22)24)6-11(16(20-13)25-4)7-18-15(23)14-10(2)19-9-21(14)3/h6,9H,5,7-8H2,1-4H3,(H,18,23). The van der Waals surface area contributed by atoms with Crippen LogP contribution in [0.25, 0.3) is 0 Å². The van der Waals surface area contributed by atoms with Gasteiger partial charge in [-0.3, -0.25) is 9.59 Å². The maximum Gasteiger partial charge on any atom is 0.270 e. The SMILES string of the molecule is CCN1Cc2nc(OC)c(CNC(=O)c3c(C)ncn3C)cc2C1=O. The number of imidazole rings is 1. The number of aromatic nitrogens is 3. The van der Waals surface area contributed by atoms with Gasteiger partial charge in [0.05, 0.1) is 36.9 Å². The molecule has 132 valence electrons. The van der Waals surface area contributed by atoms with Gasteiger partial charge in [0.15, 0.2) is 0 Å². The topological polar surface area (TPSA) is 89.3 Å². The quantitative estimate of drug-likeness (QED) is 0.876. The number of amides is 2. The van der Waals surface area contributed by atoms with Gasteiger partial charge in [-0.05, 0) is 19.9 Å². The van der Waals surface area contributed by atoms with Crippen molar-refractivity contribution >= 4 is 11.8 Å². The minimum absolute atomic E-state index is 0.0392. The van der Waals surface area contributed by atoms with E-state index in [1.807, 2.05) is 6.92 Å². The van der Waals surface area contributed by atoms with Gasteiger partial charge in [0.25, 0.3) is 11.8 Å². The number of nitrogens with zero attached hydrogens (tertiary/aromatic N) is 4. The molecule has 1 aliphatic heterocycles. The van der Waals surface area contributed by atoms with E-state index in [2.05, 4.69) is 15.3 Å². The van der Waals surface area contributed by atoms with Gasteiger partial charge in [0, 0.05) is 25.7 Å². The molecular formula is C17H21N5O3. The number of rotatable bonds is 5. The van der Waals surface area contributed by atoms with Gasteiger partial charge < -0.3 is 19.5 Å². The first-order valence-corrected chi connectivity index (χ1v) is 8.08. The second-order valence-corrected chi connectivity index (χ2v) is 5.94. The summed E-state index contributed by atoms with van der Waals surface area (Å²) in [4.78, 5) is 35.0. The van der Waals surface area contributed by atoms with Crippen LogP contribution in [0.15, 0.2) is 12.4 Å². The molecule has 0 fully saturated rings. The van der Waals surface area contributed by atoms with Crippen LogP contribution in [-0.4, -0.2) is 44.9 Å². The van der Waals surface area contributed by atoms with Gasteiger partial charge in [-0.15, -0.1) is 0 Å². The maximum absolute atomic E-state index is 12.4. The molecule has 3 rings (SSSR count). The molecule has 0 unspecified atom stereocenters. The first-order valence-electron chi connectivity index (χ1n) is 8.08. The largest absolute Gasteiger partial charge is 0.481 e. The molecule has 2 aromatic heterocycles. The molecule has 2 amide bonds. The van der Waals surface area contributed by atoms with Crippen molar-refractivity contribution in [2.45, 2.75) is 26.9 Å². The highest BCUT2D eigenvalue weighted by Gasteiger charge is 2.29. The smallest absolute Gasteiger partial charge is 0.270 e. The van der Waals surface area contributed by atoms with E-state index in [1.54, 1.807) is 35.8 Å². The molecule has 8 nitrogen and oxygen atoms in total. The number of nitrogens with one attached hydrogen (secondary N) is 1. The van der Waals surface area contributed by atoms with Gasteiger partial charge in [0.2, 0.25) is 5.88 Å². The van der Waals surface area contributed by atoms with Crippen LogP contribution in [0.4, 0.5) is 0 Å². The Kier molecular flexibility index (Phi) is 4.43. The van der Waals surface area contributed by atoms with Crippen molar-refractivity contribution in [3.8, 4) is 5.88 Å². The van der Waals surface area contributed by atoms with Crippen molar-refractivity contribution in [2.24, 2.45) is 7.05 Å². The minimum atomic E-state index is -0.235. The Labute approximate surface area is 145 Å². The molecule has 0 saturated carbocycles. The van der Waals surface area contributed by atoms with E-state index < -0.39 is 0 Å². The number of ether oxygens (including phenoxy) is 1. The monoisotopic (exact) mass is 343 g/mol. The molecule has 0 spiro atoms. The summed E-state index contributed by atoms with van der Waals surface area (Å²) in [6.07, 6.45) is 1.60. The number of methoxy groups -OCH3 is 1. The van der Waals surface area contributed by atoms with E-state index in [9.17, 15) is 9.59 Å². The zero-order valence-corrected chi connectivity index (χ0v) is 14.8. The molecule has 1 aliphatic rings. The highest BCUT2D eigenvalue weighted by atomic mass is 16.5. The third-order valence-electron chi connectivity index (χ3n) is 4.35. The van der Waals surface area contributed by atoms with E-state index in [4.69, 9.17) is 4.74 Å². The number of aryl methyl sites for hydroxylation is 2. The molecule has 0 radical (unpaired) electrons. The Morgan fingerprint density at radius 1 is 1.44 bits per heavy atom. The van der Waals surface area contributed by atoms with E-state index in [0.29, 0.717) is 47.2 Å². The molecular weight excluding hydrogens is 322 g/mol. The van der Waals surface area contributed by atoms with Crippen molar-refractivity contribution in [2.75, 3.05) is 13.7 Å². The molecule has 8 heteroatoms. The van der Waals surface area contributed by atoms with Crippen LogP contribution in [0.5, 0.6) is 5.88 Å². The highest BCUT2D eigenvalue weighted by Crippen LogP contribution is 2.27. The van der Waals surface area contributed by atoms with Gasteiger partial charge in [-0.1, -0.05) is 0 Å². The van der Waals surface area contributed by atoms with Gasteiger partial charge in [-0.2, -0.15) is 0 Å². The van der Waals surface area contributed by atoms with Crippen molar-refractivity contribution < 1.29 is 14.3 Å². The Morgan fingerprint density at radius 3 is 2.80 bits per heavy atom. The third-order valence-corrected chi connectivity index (χ3v) is 4.35. The lowest BCUT2D eigenvalue weighted by Crippen LogP contribution is -2.26. The molecule has 0 aliphatic carbocycles. The number of pyridine rings is 1. The summed E-state index contributed by atoms with van der Waals surface area (Å²) in [5.41, 5.74) is 3.11. The predicted octanol–water partition coefficient (Wildman–Crippen LogP) is 1.04. The lowest BCUT2D eigenvalue weighted by atomic mass is 10.1. The van der Waals surface area contributed by atoms with Crippen molar-refractivity contribution in [1.29, 1.82) is 0 Å². The molecule has 0 aromatic carbocycles. The summed E-state index contributed by atoms with van der Waals surface area (Å²) in [5.74, 6) is 0.149. The summed E-state index contributed by atoms with van der Waals surface area (Å²) in [6.45, 7) is 5.04. The molecule has 25 heavy (non-hydrogen) atoms. The minimum Gasteiger partial charge on any atom is -0.481 e. The summed E-state index contributed by atoms with van der Waals surface area (Å²) < 4.78 is 7.01. The fraction of sp³-hybridized carbons (Fsp3) is 0.412. The number of hydrogen-bond donors (Lipinski definition) is 1. The van der Waals surface area contributed by atoms with Crippen LogP contribution < -0.4 is 10.1 Å². The second kappa shape index (κ2) is 6.54. The first kappa shape index (κ1) is 16.9. The molecule has 0 saturated heterocycles. The molecule has 1 N–H and O–H groups in total. The number of hydrogen-bond acceptors (Lipinski definition) is 5. The van der Waals surface area contributed by atoms with Crippen LogP contribution in [0.3, 0.4) is 0 Å². The van der Waals surface area contributed by atoms with Crippen LogP contribution in [0, 0.1) is 6.92 Å².